The minimum Gasteiger partial charge on any atom is -0.309 e. The molecule has 0 aromatic carbocycles. The zero-order valence-electron chi connectivity index (χ0n) is 13.1. The molecule has 0 amide bonds. The summed E-state index contributed by atoms with van der Waals surface area (Å²) in [6, 6.07) is 0. The number of nitrogens with zero attached hydrogens (tertiary/aromatic N) is 2. The predicted molar refractivity (Wildman–Crippen MR) is 78.1 cm³/mol. The molecule has 1 unspecified atom stereocenters. The van der Waals surface area contributed by atoms with E-state index >= 15 is 0 Å². The fourth-order valence-electron chi connectivity index (χ4n) is 3.33. The Kier molecular flexibility index (Phi) is 8.89. The van der Waals surface area contributed by atoms with Crippen molar-refractivity contribution in [2.24, 2.45) is 0 Å². The van der Waals surface area contributed by atoms with Gasteiger partial charge in [-0.3, -0.25) is 4.90 Å². The van der Waals surface area contributed by atoms with Gasteiger partial charge < -0.3 is 4.48 Å². The number of hydrogen-bond donors (Lipinski definition) is 0. The highest BCUT2D eigenvalue weighted by Gasteiger charge is 2.34. The number of quaternary nitrogens is 1. The van der Waals surface area contributed by atoms with Crippen LogP contribution in [0.25, 0.3) is 0 Å². The molecule has 0 aromatic rings. The SMILES string of the molecule is CCC[N+](CCC)(CCC)C(C)N(CC)CC. The third-order valence-electron chi connectivity index (χ3n) is 4.14. The maximum absolute atomic E-state index is 2.63. The fraction of sp³-hybridized carbons (Fsp3) is 1.00. The van der Waals surface area contributed by atoms with Gasteiger partial charge in [0, 0.05) is 20.0 Å². The molecular formula is C15H35N2+. The van der Waals surface area contributed by atoms with E-state index in [4.69, 9.17) is 0 Å². The van der Waals surface area contributed by atoms with Crippen molar-refractivity contribution in [2.75, 3.05) is 32.7 Å². The lowest BCUT2D eigenvalue weighted by atomic mass is 10.2. The first-order chi connectivity index (χ1) is 8.11. The van der Waals surface area contributed by atoms with Gasteiger partial charge in [0.25, 0.3) is 0 Å². The van der Waals surface area contributed by atoms with Crippen molar-refractivity contribution >= 4 is 0 Å². The lowest BCUT2D eigenvalue weighted by Crippen LogP contribution is -2.61. The summed E-state index contributed by atoms with van der Waals surface area (Å²) in [5, 5.41) is 0. The first-order valence-corrected chi connectivity index (χ1v) is 7.71. The monoisotopic (exact) mass is 243 g/mol. The summed E-state index contributed by atoms with van der Waals surface area (Å²) in [6.07, 6.45) is 4.56. The Labute approximate surface area is 110 Å². The quantitative estimate of drug-likeness (QED) is 0.417. The Morgan fingerprint density at radius 1 is 0.765 bits per heavy atom. The zero-order valence-corrected chi connectivity index (χ0v) is 13.1. The maximum atomic E-state index is 2.63. The van der Waals surface area contributed by atoms with Crippen LogP contribution in [0.5, 0.6) is 0 Å². The molecule has 0 fully saturated rings. The largest absolute Gasteiger partial charge is 0.309 e. The lowest BCUT2D eigenvalue weighted by Gasteiger charge is -2.47. The summed E-state index contributed by atoms with van der Waals surface area (Å²) in [5.41, 5.74) is 0. The average molecular weight is 243 g/mol. The van der Waals surface area contributed by atoms with Crippen molar-refractivity contribution < 1.29 is 4.48 Å². The van der Waals surface area contributed by atoms with Crippen LogP contribution in [-0.4, -0.2) is 48.3 Å². The van der Waals surface area contributed by atoms with Crippen LogP contribution in [0.3, 0.4) is 0 Å². The molecule has 0 heterocycles. The van der Waals surface area contributed by atoms with Crippen LogP contribution in [0.15, 0.2) is 0 Å². The third kappa shape index (κ3) is 4.59. The molecule has 0 rings (SSSR count). The van der Waals surface area contributed by atoms with Crippen molar-refractivity contribution in [3.63, 3.8) is 0 Å². The topological polar surface area (TPSA) is 3.24 Å². The van der Waals surface area contributed by atoms with Gasteiger partial charge in [-0.1, -0.05) is 34.6 Å². The Morgan fingerprint density at radius 3 is 1.35 bits per heavy atom. The molecule has 0 N–H and O–H groups in total. The van der Waals surface area contributed by atoms with E-state index in [-0.39, 0.29) is 0 Å². The van der Waals surface area contributed by atoms with Gasteiger partial charge in [-0.05, 0) is 19.3 Å². The second-order valence-corrected chi connectivity index (χ2v) is 5.24. The van der Waals surface area contributed by atoms with Crippen LogP contribution in [-0.2, 0) is 0 Å². The summed E-state index contributed by atoms with van der Waals surface area (Å²) in [5.74, 6) is 0. The highest BCUT2D eigenvalue weighted by Crippen LogP contribution is 2.20. The average Bonchev–Trinajstić information content (AvgIpc) is 2.31. The molecule has 0 saturated heterocycles. The molecule has 0 bridgehead atoms. The van der Waals surface area contributed by atoms with E-state index in [1.807, 2.05) is 0 Å². The van der Waals surface area contributed by atoms with E-state index in [1.54, 1.807) is 0 Å². The summed E-state index contributed by atoms with van der Waals surface area (Å²) in [4.78, 5) is 2.63. The molecule has 2 heteroatoms. The minimum atomic E-state index is 0.671. The van der Waals surface area contributed by atoms with Crippen LogP contribution >= 0.6 is 0 Å². The highest BCUT2D eigenvalue weighted by molar-refractivity contribution is 4.58. The molecule has 0 radical (unpaired) electrons. The van der Waals surface area contributed by atoms with E-state index in [0.29, 0.717) is 6.17 Å². The normalized spacial score (nSPS) is 14.3. The van der Waals surface area contributed by atoms with Crippen molar-refractivity contribution in [3.8, 4) is 0 Å². The first kappa shape index (κ1) is 16.9. The molecule has 2 nitrogen and oxygen atoms in total. The van der Waals surface area contributed by atoms with Crippen LogP contribution in [0.2, 0.25) is 0 Å². The predicted octanol–water partition coefficient (Wildman–Crippen LogP) is 3.72. The summed E-state index contributed by atoms with van der Waals surface area (Å²) in [7, 11) is 0. The standard InChI is InChI=1S/C15H35N2/c1-7-12-17(13-8-2,14-9-3)15(6)16(10-4)11-5/h15H,7-14H2,1-6H3/q+1. The molecule has 17 heavy (non-hydrogen) atoms. The Balaban J connectivity index is 4.94. The van der Waals surface area contributed by atoms with Crippen molar-refractivity contribution in [3.05, 3.63) is 0 Å². The second kappa shape index (κ2) is 8.93. The summed E-state index contributed by atoms with van der Waals surface area (Å²) >= 11 is 0. The number of rotatable bonds is 10. The van der Waals surface area contributed by atoms with E-state index in [0.717, 1.165) is 0 Å². The van der Waals surface area contributed by atoms with Crippen molar-refractivity contribution in [1.82, 2.24) is 4.90 Å². The summed E-state index contributed by atoms with van der Waals surface area (Å²) < 4.78 is 1.30. The molecule has 0 aliphatic rings. The zero-order chi connectivity index (χ0) is 13.3. The molecule has 0 aliphatic carbocycles. The van der Waals surface area contributed by atoms with Gasteiger partial charge in [-0.15, -0.1) is 0 Å². The van der Waals surface area contributed by atoms with Crippen LogP contribution < -0.4 is 0 Å². The van der Waals surface area contributed by atoms with Crippen molar-refractivity contribution in [2.45, 2.75) is 67.0 Å². The second-order valence-electron chi connectivity index (χ2n) is 5.24. The molecule has 104 valence electrons. The molecular weight excluding hydrogens is 208 g/mol. The molecule has 0 saturated carbocycles. The fourth-order valence-corrected chi connectivity index (χ4v) is 3.33. The summed E-state index contributed by atoms with van der Waals surface area (Å²) in [6.45, 7) is 20.3. The Morgan fingerprint density at radius 2 is 1.12 bits per heavy atom. The smallest absolute Gasteiger partial charge is 0.142 e. The van der Waals surface area contributed by atoms with E-state index in [9.17, 15) is 0 Å². The van der Waals surface area contributed by atoms with Crippen LogP contribution in [0.4, 0.5) is 0 Å². The van der Waals surface area contributed by atoms with Crippen molar-refractivity contribution in [1.29, 1.82) is 0 Å². The van der Waals surface area contributed by atoms with Gasteiger partial charge in [0.15, 0.2) is 0 Å². The maximum Gasteiger partial charge on any atom is 0.142 e. The first-order valence-electron chi connectivity index (χ1n) is 7.71. The molecule has 0 spiro atoms. The third-order valence-corrected chi connectivity index (χ3v) is 4.14. The molecule has 1 atom stereocenters. The molecule has 0 aliphatic heterocycles. The molecule has 0 aromatic heterocycles. The van der Waals surface area contributed by atoms with E-state index in [1.165, 1.54) is 56.5 Å². The van der Waals surface area contributed by atoms with Crippen LogP contribution in [0, 0.1) is 0 Å². The van der Waals surface area contributed by atoms with Gasteiger partial charge in [-0.25, -0.2) is 0 Å². The Bertz CT molecular complexity index is 159. The van der Waals surface area contributed by atoms with Gasteiger partial charge in [0.05, 0.1) is 19.6 Å². The van der Waals surface area contributed by atoms with Crippen LogP contribution in [0.1, 0.15) is 60.8 Å². The van der Waals surface area contributed by atoms with E-state index < -0.39 is 0 Å². The Hall–Kier alpha value is -0.0800. The van der Waals surface area contributed by atoms with Gasteiger partial charge in [0.2, 0.25) is 0 Å². The van der Waals surface area contributed by atoms with Gasteiger partial charge >= 0.3 is 0 Å². The van der Waals surface area contributed by atoms with Gasteiger partial charge in [-0.2, -0.15) is 0 Å². The van der Waals surface area contributed by atoms with Gasteiger partial charge in [0.1, 0.15) is 6.17 Å². The van der Waals surface area contributed by atoms with E-state index in [2.05, 4.69) is 46.4 Å². The lowest BCUT2D eigenvalue weighted by molar-refractivity contribution is -0.960. The highest BCUT2D eigenvalue weighted by atomic mass is 15.5. The number of hydrogen-bond acceptors (Lipinski definition) is 1. The minimum absolute atomic E-state index is 0.671.